The Hall–Kier alpha value is -3.80. The minimum absolute atomic E-state index is 0.157. The van der Waals surface area contributed by atoms with Crippen LogP contribution in [0, 0.1) is 11.8 Å². The maximum absolute atomic E-state index is 13.5. The van der Waals surface area contributed by atoms with Crippen molar-refractivity contribution in [3.8, 4) is 5.75 Å². The highest BCUT2D eigenvalue weighted by molar-refractivity contribution is 5.97. The molecule has 3 atom stereocenters. The zero-order valence-electron chi connectivity index (χ0n) is 20.8. The van der Waals surface area contributed by atoms with E-state index in [0.29, 0.717) is 12.2 Å². The van der Waals surface area contributed by atoms with E-state index in [1.807, 2.05) is 48.5 Å². The molecule has 5 rings (SSSR count). The molecule has 0 saturated carbocycles. The summed E-state index contributed by atoms with van der Waals surface area (Å²) in [4.78, 5) is 26.9. The third-order valence-corrected chi connectivity index (χ3v) is 7.49. The minimum Gasteiger partial charge on any atom is -0.497 e. The van der Waals surface area contributed by atoms with Crippen molar-refractivity contribution in [3.05, 3.63) is 95.1 Å². The Balaban J connectivity index is 1.79. The summed E-state index contributed by atoms with van der Waals surface area (Å²) in [5.74, 6) is -2.23. The lowest BCUT2D eigenvalue weighted by molar-refractivity contribution is -0.164. The zero-order valence-corrected chi connectivity index (χ0v) is 20.8. The number of carbonyl (C=O) groups excluding carboxylic acids is 2. The van der Waals surface area contributed by atoms with Crippen LogP contribution in [0.4, 0.5) is 5.69 Å². The van der Waals surface area contributed by atoms with Crippen LogP contribution >= 0.6 is 0 Å². The molecule has 0 saturated heterocycles. The van der Waals surface area contributed by atoms with Crippen molar-refractivity contribution >= 4 is 17.6 Å². The predicted molar refractivity (Wildman–Crippen MR) is 137 cm³/mol. The molecule has 1 unspecified atom stereocenters. The Bertz CT molecular complexity index is 1260. The van der Waals surface area contributed by atoms with E-state index < -0.39 is 29.3 Å². The monoisotopic (exact) mass is 485 g/mol. The van der Waals surface area contributed by atoms with Crippen molar-refractivity contribution in [2.75, 3.05) is 25.6 Å². The first-order valence-electron chi connectivity index (χ1n) is 12.5. The van der Waals surface area contributed by atoms with Crippen molar-refractivity contribution in [3.63, 3.8) is 0 Å². The van der Waals surface area contributed by atoms with Crippen LogP contribution in [-0.2, 0) is 31.0 Å². The molecule has 6 heteroatoms. The van der Waals surface area contributed by atoms with Crippen molar-refractivity contribution in [2.24, 2.45) is 11.8 Å². The van der Waals surface area contributed by atoms with E-state index in [0.717, 1.165) is 22.4 Å². The van der Waals surface area contributed by atoms with Crippen LogP contribution in [-0.4, -0.2) is 32.3 Å². The number of esters is 2. The quantitative estimate of drug-likeness (QED) is 0.372. The fourth-order valence-electron chi connectivity index (χ4n) is 6.12. The standard InChI is InChI=1S/C30H31NO5/c1-4-35-28(32)27(29(33)36-5-2)26-22-18-21(34-3)15-16-25(22)31-30(20-12-7-6-8-13-20)23-14-10-9-11-19(23)17-24(26)30/h6-16,18,24,26-27,31H,4-5,17H2,1-3H3/t24-,26?,30+/m0/s1. The Morgan fingerprint density at radius 1 is 0.944 bits per heavy atom. The van der Waals surface area contributed by atoms with Gasteiger partial charge in [0.2, 0.25) is 0 Å². The second-order valence-electron chi connectivity index (χ2n) is 9.23. The predicted octanol–water partition coefficient (Wildman–Crippen LogP) is 5.06. The normalized spacial score (nSPS) is 21.6. The molecule has 1 aliphatic carbocycles. The first-order valence-corrected chi connectivity index (χ1v) is 12.5. The summed E-state index contributed by atoms with van der Waals surface area (Å²) in [5, 5.41) is 3.86. The van der Waals surface area contributed by atoms with Crippen LogP contribution in [0.15, 0.2) is 72.8 Å². The number of ether oxygens (including phenoxy) is 3. The molecule has 1 N–H and O–H groups in total. The van der Waals surface area contributed by atoms with Crippen LogP contribution in [0.25, 0.3) is 0 Å². The van der Waals surface area contributed by atoms with Crippen molar-refractivity contribution < 1.29 is 23.8 Å². The number of benzene rings is 3. The third kappa shape index (κ3) is 3.72. The largest absolute Gasteiger partial charge is 0.497 e. The molecule has 6 nitrogen and oxygen atoms in total. The number of hydrogen-bond acceptors (Lipinski definition) is 6. The molecule has 1 aliphatic heterocycles. The number of carbonyl (C=O) groups is 2. The van der Waals surface area contributed by atoms with Gasteiger partial charge < -0.3 is 19.5 Å². The van der Waals surface area contributed by atoms with Gasteiger partial charge in [0.05, 0.1) is 25.9 Å². The summed E-state index contributed by atoms with van der Waals surface area (Å²) in [7, 11) is 1.61. The van der Waals surface area contributed by atoms with E-state index in [1.165, 1.54) is 5.56 Å². The summed E-state index contributed by atoms with van der Waals surface area (Å²) in [6.07, 6.45) is 0.689. The first kappa shape index (κ1) is 23.9. The maximum Gasteiger partial charge on any atom is 0.320 e. The molecule has 0 aromatic heterocycles. The lowest BCUT2D eigenvalue weighted by atomic mass is 9.63. The van der Waals surface area contributed by atoms with E-state index in [9.17, 15) is 9.59 Å². The molecule has 1 heterocycles. The first-order chi connectivity index (χ1) is 17.5. The van der Waals surface area contributed by atoms with Gasteiger partial charge in [0.15, 0.2) is 5.92 Å². The summed E-state index contributed by atoms with van der Waals surface area (Å²) in [6, 6.07) is 24.4. The van der Waals surface area contributed by atoms with E-state index in [4.69, 9.17) is 14.2 Å². The molecule has 3 aromatic rings. The van der Waals surface area contributed by atoms with E-state index in [2.05, 4.69) is 29.6 Å². The smallest absolute Gasteiger partial charge is 0.320 e. The lowest BCUT2D eigenvalue weighted by Crippen LogP contribution is -2.51. The summed E-state index contributed by atoms with van der Waals surface area (Å²) in [6.45, 7) is 3.86. The molecule has 36 heavy (non-hydrogen) atoms. The molecular formula is C30H31NO5. The van der Waals surface area contributed by atoms with Crippen LogP contribution in [0.3, 0.4) is 0 Å². The number of rotatable bonds is 7. The van der Waals surface area contributed by atoms with Crippen LogP contribution in [0.5, 0.6) is 5.75 Å². The highest BCUT2D eigenvalue weighted by atomic mass is 16.6. The average molecular weight is 486 g/mol. The highest BCUT2D eigenvalue weighted by Gasteiger charge is 2.58. The van der Waals surface area contributed by atoms with Crippen LogP contribution in [0.1, 0.15) is 42.0 Å². The highest BCUT2D eigenvalue weighted by Crippen LogP contribution is 2.59. The summed E-state index contributed by atoms with van der Waals surface area (Å²) in [5.41, 5.74) is 4.49. The topological polar surface area (TPSA) is 73.9 Å². The van der Waals surface area contributed by atoms with Crippen molar-refractivity contribution in [2.45, 2.75) is 31.7 Å². The number of hydrogen-bond donors (Lipinski definition) is 1. The van der Waals surface area contributed by atoms with Gasteiger partial charge in [-0.15, -0.1) is 0 Å². The Morgan fingerprint density at radius 3 is 2.28 bits per heavy atom. The molecule has 2 aliphatic rings. The zero-order chi connectivity index (χ0) is 25.3. The van der Waals surface area contributed by atoms with E-state index in [-0.39, 0.29) is 19.1 Å². The van der Waals surface area contributed by atoms with E-state index in [1.54, 1.807) is 21.0 Å². The van der Waals surface area contributed by atoms with Gasteiger partial charge in [-0.3, -0.25) is 9.59 Å². The van der Waals surface area contributed by atoms with Gasteiger partial charge in [-0.1, -0.05) is 54.6 Å². The second kappa shape index (κ2) is 9.69. The molecule has 0 bridgehead atoms. The van der Waals surface area contributed by atoms with Gasteiger partial charge in [-0.05, 0) is 60.7 Å². The third-order valence-electron chi connectivity index (χ3n) is 7.49. The molecular weight excluding hydrogens is 454 g/mol. The van der Waals surface area contributed by atoms with Crippen molar-refractivity contribution in [1.29, 1.82) is 0 Å². The molecule has 0 radical (unpaired) electrons. The molecule has 186 valence electrons. The molecule has 0 spiro atoms. The Morgan fingerprint density at radius 2 is 1.61 bits per heavy atom. The van der Waals surface area contributed by atoms with Crippen LogP contribution < -0.4 is 10.1 Å². The molecule has 0 fully saturated rings. The summed E-state index contributed by atoms with van der Waals surface area (Å²) >= 11 is 0. The van der Waals surface area contributed by atoms with Gasteiger partial charge in [0, 0.05) is 17.5 Å². The number of methoxy groups -OCH3 is 1. The van der Waals surface area contributed by atoms with Gasteiger partial charge in [-0.25, -0.2) is 0 Å². The fourth-order valence-corrected chi connectivity index (χ4v) is 6.12. The Labute approximate surface area is 211 Å². The molecule has 0 amide bonds. The SMILES string of the molecule is CCOC(=O)C(C(=O)OCC)C1c2cc(OC)ccc2N[C@]2(c3ccccc3)c3ccccc3C[C@@H]12. The fraction of sp³-hybridized carbons (Fsp3) is 0.333. The van der Waals surface area contributed by atoms with Crippen LogP contribution in [0.2, 0.25) is 0 Å². The average Bonchev–Trinajstić information content (AvgIpc) is 3.24. The molecule has 3 aromatic carbocycles. The Kier molecular flexibility index (Phi) is 6.44. The van der Waals surface area contributed by atoms with Gasteiger partial charge in [-0.2, -0.15) is 0 Å². The minimum atomic E-state index is -1.11. The lowest BCUT2D eigenvalue weighted by Gasteiger charge is -2.48. The van der Waals surface area contributed by atoms with Gasteiger partial charge in [0.25, 0.3) is 0 Å². The van der Waals surface area contributed by atoms with Crippen molar-refractivity contribution in [1.82, 2.24) is 0 Å². The maximum atomic E-state index is 13.5. The second-order valence-corrected chi connectivity index (χ2v) is 9.23. The number of anilines is 1. The van der Waals surface area contributed by atoms with Gasteiger partial charge >= 0.3 is 11.9 Å². The van der Waals surface area contributed by atoms with E-state index >= 15 is 0 Å². The summed E-state index contributed by atoms with van der Waals surface area (Å²) < 4.78 is 16.5. The number of nitrogens with one attached hydrogen (secondary N) is 1. The van der Waals surface area contributed by atoms with Gasteiger partial charge in [0.1, 0.15) is 5.75 Å². The number of fused-ring (bicyclic) bond motifs is 4.